The first kappa shape index (κ1) is 23.1. The minimum absolute atomic E-state index is 0.251. The van der Waals surface area contributed by atoms with Gasteiger partial charge in [0, 0.05) is 12.2 Å². The molecule has 4 rings (SSSR count). The molecule has 0 atom stereocenters. The van der Waals surface area contributed by atoms with Crippen LogP contribution in [0, 0.1) is 0 Å². The summed E-state index contributed by atoms with van der Waals surface area (Å²) in [5, 5.41) is 2.73. The summed E-state index contributed by atoms with van der Waals surface area (Å²) in [5.41, 5.74) is -0.0365. The quantitative estimate of drug-likeness (QED) is 0.385. The Morgan fingerprint density at radius 3 is 2.59 bits per heavy atom. The molecule has 10 nitrogen and oxygen atoms in total. The number of furan rings is 1. The molecule has 3 aromatic heterocycles. The maximum atomic E-state index is 13.4. The molecule has 0 aliphatic rings. The van der Waals surface area contributed by atoms with Crippen molar-refractivity contribution in [1.29, 1.82) is 0 Å². The van der Waals surface area contributed by atoms with Gasteiger partial charge < -0.3 is 19.0 Å². The molecule has 178 valence electrons. The van der Waals surface area contributed by atoms with Crippen molar-refractivity contribution in [1.82, 2.24) is 18.7 Å². The number of carbonyl (C=O) groups excluding carboxylic acids is 1. The second kappa shape index (κ2) is 10.2. The van der Waals surface area contributed by atoms with Crippen LogP contribution in [-0.2, 0) is 24.4 Å². The number of amides is 1. The number of ether oxygens (including phenoxy) is 1. The molecule has 10 heteroatoms. The lowest BCUT2D eigenvalue weighted by Gasteiger charge is -2.12. The molecule has 0 saturated carbocycles. The van der Waals surface area contributed by atoms with Crippen molar-refractivity contribution in [3.8, 4) is 5.75 Å². The Labute approximate surface area is 195 Å². The van der Waals surface area contributed by atoms with Gasteiger partial charge in [0.05, 0.1) is 25.7 Å². The molecular formula is C24H27N5O5. The van der Waals surface area contributed by atoms with Crippen molar-refractivity contribution in [3.05, 3.63) is 75.6 Å². The third-order valence-corrected chi connectivity index (χ3v) is 5.38. The number of aryl methyl sites for hydroxylation is 1. The van der Waals surface area contributed by atoms with E-state index in [0.29, 0.717) is 36.0 Å². The van der Waals surface area contributed by atoms with Crippen molar-refractivity contribution in [3.63, 3.8) is 0 Å². The van der Waals surface area contributed by atoms with E-state index in [1.54, 1.807) is 47.2 Å². The first-order chi connectivity index (χ1) is 16.5. The molecule has 3 heterocycles. The lowest BCUT2D eigenvalue weighted by atomic mass is 10.3. The van der Waals surface area contributed by atoms with E-state index in [9.17, 15) is 14.4 Å². The highest BCUT2D eigenvalue weighted by molar-refractivity contribution is 5.90. The highest BCUT2D eigenvalue weighted by Crippen LogP contribution is 2.16. The summed E-state index contributed by atoms with van der Waals surface area (Å²) in [6, 6.07) is 10.4. The number of nitrogens with one attached hydrogen (secondary N) is 1. The molecule has 1 N–H and O–H groups in total. The van der Waals surface area contributed by atoms with Crippen LogP contribution in [0.3, 0.4) is 0 Å². The van der Waals surface area contributed by atoms with Gasteiger partial charge in [-0.2, -0.15) is 0 Å². The zero-order chi connectivity index (χ0) is 24.1. The maximum absolute atomic E-state index is 13.4. The van der Waals surface area contributed by atoms with Gasteiger partial charge in [0.15, 0.2) is 11.2 Å². The smallest absolute Gasteiger partial charge is 0.333 e. The van der Waals surface area contributed by atoms with Crippen LogP contribution in [0.1, 0.15) is 32.4 Å². The van der Waals surface area contributed by atoms with Gasteiger partial charge in [-0.25, -0.2) is 14.3 Å². The third kappa shape index (κ3) is 4.80. The first-order valence-electron chi connectivity index (χ1n) is 11.2. The van der Waals surface area contributed by atoms with Crippen molar-refractivity contribution in [2.75, 3.05) is 11.9 Å². The monoisotopic (exact) mass is 465 g/mol. The summed E-state index contributed by atoms with van der Waals surface area (Å²) in [7, 11) is 0. The van der Waals surface area contributed by atoms with Gasteiger partial charge in [-0.05, 0) is 49.7 Å². The van der Waals surface area contributed by atoms with Crippen molar-refractivity contribution < 1.29 is 13.9 Å². The van der Waals surface area contributed by atoms with Crippen LogP contribution in [0.15, 0.2) is 63.0 Å². The van der Waals surface area contributed by atoms with Crippen molar-refractivity contribution in [2.45, 2.75) is 46.3 Å². The van der Waals surface area contributed by atoms with E-state index in [4.69, 9.17) is 9.15 Å². The summed E-state index contributed by atoms with van der Waals surface area (Å²) in [6.45, 7) is 4.69. The van der Waals surface area contributed by atoms with Gasteiger partial charge >= 0.3 is 5.69 Å². The van der Waals surface area contributed by atoms with E-state index in [2.05, 4.69) is 10.3 Å². The molecule has 0 bridgehead atoms. The van der Waals surface area contributed by atoms with Crippen molar-refractivity contribution in [2.24, 2.45) is 0 Å². The fourth-order valence-corrected chi connectivity index (χ4v) is 3.73. The lowest BCUT2D eigenvalue weighted by Crippen LogP contribution is -2.43. The first-order valence-corrected chi connectivity index (χ1v) is 11.2. The molecule has 0 aliphatic heterocycles. The normalized spacial score (nSPS) is 11.1. The second-order valence-electron chi connectivity index (χ2n) is 7.81. The summed E-state index contributed by atoms with van der Waals surface area (Å²) in [6.07, 6.45) is 4.66. The molecule has 0 spiro atoms. The number of hydrogen-bond donors (Lipinski definition) is 1. The number of unbranched alkanes of at least 4 members (excludes halogenated alkanes) is 1. The number of rotatable bonds is 10. The number of hydrogen-bond acceptors (Lipinski definition) is 6. The number of benzene rings is 1. The lowest BCUT2D eigenvalue weighted by molar-refractivity contribution is -0.116. The maximum Gasteiger partial charge on any atom is 0.333 e. The summed E-state index contributed by atoms with van der Waals surface area (Å²) < 4.78 is 14.9. The standard InChI is InChI=1S/C24H27N5O5/c1-3-5-12-28-22-21(27(16-25-22)14-19-7-6-13-34-19)23(31)29(24(28)32)15-20(30)26-17-8-10-18(11-9-17)33-4-2/h6-11,13,16H,3-5,12,14-15H2,1-2H3,(H,26,30). The summed E-state index contributed by atoms with van der Waals surface area (Å²) in [4.78, 5) is 43.6. The predicted octanol–water partition coefficient (Wildman–Crippen LogP) is 2.84. The van der Waals surface area contributed by atoms with Gasteiger partial charge in [0.2, 0.25) is 5.91 Å². The topological polar surface area (TPSA) is 113 Å². The predicted molar refractivity (Wildman–Crippen MR) is 127 cm³/mol. The van der Waals surface area contributed by atoms with E-state index in [-0.39, 0.29) is 12.1 Å². The Bertz CT molecular complexity index is 1380. The number of aromatic nitrogens is 4. The van der Waals surface area contributed by atoms with Gasteiger partial charge in [0.25, 0.3) is 5.56 Å². The number of carbonyl (C=O) groups is 1. The molecule has 4 aromatic rings. The van der Waals surface area contributed by atoms with Gasteiger partial charge in [-0.3, -0.25) is 14.2 Å². The Kier molecular flexibility index (Phi) is 6.95. The highest BCUT2D eigenvalue weighted by Gasteiger charge is 2.20. The SMILES string of the molecule is CCCCn1c(=O)n(CC(=O)Nc2ccc(OCC)cc2)c(=O)c2c1ncn2Cc1ccco1. The minimum Gasteiger partial charge on any atom is -0.494 e. The molecule has 1 amide bonds. The number of fused-ring (bicyclic) bond motifs is 1. The molecule has 34 heavy (non-hydrogen) atoms. The van der Waals surface area contributed by atoms with Crippen LogP contribution >= 0.6 is 0 Å². The number of nitrogens with zero attached hydrogens (tertiary/aromatic N) is 4. The fourth-order valence-electron chi connectivity index (χ4n) is 3.73. The molecule has 0 fully saturated rings. The number of imidazole rings is 1. The van der Waals surface area contributed by atoms with E-state index >= 15 is 0 Å². The zero-order valence-corrected chi connectivity index (χ0v) is 19.2. The molecule has 1 aromatic carbocycles. The average molecular weight is 466 g/mol. The number of anilines is 1. The Hall–Kier alpha value is -4.08. The van der Waals surface area contributed by atoms with Gasteiger partial charge in [0.1, 0.15) is 18.1 Å². The minimum atomic E-state index is -0.571. The van der Waals surface area contributed by atoms with E-state index in [1.165, 1.54) is 10.9 Å². The van der Waals surface area contributed by atoms with Gasteiger partial charge in [-0.1, -0.05) is 13.3 Å². The molecule has 0 radical (unpaired) electrons. The highest BCUT2D eigenvalue weighted by atomic mass is 16.5. The van der Waals surface area contributed by atoms with Crippen LogP contribution in [0.4, 0.5) is 5.69 Å². The fraction of sp³-hybridized carbons (Fsp3) is 0.333. The third-order valence-electron chi connectivity index (χ3n) is 5.38. The van der Waals surface area contributed by atoms with Crippen LogP contribution in [0.2, 0.25) is 0 Å². The zero-order valence-electron chi connectivity index (χ0n) is 19.2. The Morgan fingerprint density at radius 2 is 1.91 bits per heavy atom. The van der Waals surface area contributed by atoms with Crippen LogP contribution in [-0.4, -0.2) is 31.2 Å². The average Bonchev–Trinajstić information content (AvgIpc) is 3.49. The second-order valence-corrected chi connectivity index (χ2v) is 7.81. The summed E-state index contributed by atoms with van der Waals surface area (Å²) in [5.74, 6) is 0.845. The molecule has 0 aliphatic carbocycles. The summed E-state index contributed by atoms with van der Waals surface area (Å²) >= 11 is 0. The Balaban J connectivity index is 1.68. The Morgan fingerprint density at radius 1 is 1.12 bits per heavy atom. The van der Waals surface area contributed by atoms with Gasteiger partial charge in [-0.15, -0.1) is 0 Å². The van der Waals surface area contributed by atoms with E-state index < -0.39 is 23.7 Å². The van der Waals surface area contributed by atoms with Crippen LogP contribution in [0.5, 0.6) is 5.75 Å². The molecule has 0 saturated heterocycles. The van der Waals surface area contributed by atoms with Crippen LogP contribution in [0.25, 0.3) is 11.2 Å². The van der Waals surface area contributed by atoms with E-state index in [0.717, 1.165) is 17.4 Å². The molecular weight excluding hydrogens is 438 g/mol. The van der Waals surface area contributed by atoms with Crippen LogP contribution < -0.4 is 21.3 Å². The molecule has 0 unspecified atom stereocenters. The largest absolute Gasteiger partial charge is 0.494 e. The van der Waals surface area contributed by atoms with E-state index in [1.807, 2.05) is 13.8 Å². The van der Waals surface area contributed by atoms with Crippen molar-refractivity contribution >= 4 is 22.8 Å².